The summed E-state index contributed by atoms with van der Waals surface area (Å²) in [6.45, 7) is 3.04. The maximum atomic E-state index is 11.5. The van der Waals surface area contributed by atoms with Crippen LogP contribution in [0, 0.1) is 0 Å². The summed E-state index contributed by atoms with van der Waals surface area (Å²) in [6.07, 6.45) is 2.06. The van der Waals surface area contributed by atoms with E-state index in [1.54, 1.807) is 31.3 Å². The van der Waals surface area contributed by atoms with Crippen LogP contribution in [-0.2, 0) is 4.79 Å². The van der Waals surface area contributed by atoms with Crippen LogP contribution in [0.15, 0.2) is 24.3 Å². The van der Waals surface area contributed by atoms with Crippen molar-refractivity contribution in [2.75, 3.05) is 25.5 Å². The van der Waals surface area contributed by atoms with E-state index < -0.39 is 0 Å². The van der Waals surface area contributed by atoms with Gasteiger partial charge in [0, 0.05) is 24.8 Å². The summed E-state index contributed by atoms with van der Waals surface area (Å²) in [7, 11) is 1.59. The van der Waals surface area contributed by atoms with Crippen molar-refractivity contribution in [2.24, 2.45) is 0 Å². The number of carbonyl (C=O) groups is 2. The fourth-order valence-electron chi connectivity index (χ4n) is 1.53. The van der Waals surface area contributed by atoms with Crippen molar-refractivity contribution < 1.29 is 9.59 Å². The van der Waals surface area contributed by atoms with Gasteiger partial charge in [0.05, 0.1) is 6.54 Å². The highest BCUT2D eigenvalue weighted by molar-refractivity contribution is 5.94. The van der Waals surface area contributed by atoms with Crippen molar-refractivity contribution in [2.45, 2.75) is 19.8 Å². The third kappa shape index (κ3) is 5.42. The largest absolute Gasteiger partial charge is 0.376 e. The molecule has 0 radical (unpaired) electrons. The normalized spacial score (nSPS) is 9.79. The van der Waals surface area contributed by atoms with E-state index in [2.05, 4.69) is 22.9 Å². The Hall–Kier alpha value is -2.04. The first-order valence-electron chi connectivity index (χ1n) is 6.50. The van der Waals surface area contributed by atoms with Crippen LogP contribution in [0.5, 0.6) is 0 Å². The van der Waals surface area contributed by atoms with Crippen LogP contribution in [0.2, 0.25) is 0 Å². The molecule has 0 bridgehead atoms. The predicted octanol–water partition coefficient (Wildman–Crippen LogP) is 1.37. The molecule has 2 amide bonds. The standard InChI is InChI=1S/C14H21N3O2/c1-3-4-9-16-13(18)10-17-12-7-5-11(6-8-12)14(19)15-2/h5-8,17H,3-4,9-10H2,1-2H3,(H,15,19)(H,16,18). The molecule has 0 spiro atoms. The Morgan fingerprint density at radius 3 is 2.42 bits per heavy atom. The van der Waals surface area contributed by atoms with Crippen molar-refractivity contribution in [3.63, 3.8) is 0 Å². The third-order valence-corrected chi connectivity index (χ3v) is 2.68. The number of amides is 2. The van der Waals surface area contributed by atoms with E-state index in [0.717, 1.165) is 18.5 Å². The van der Waals surface area contributed by atoms with E-state index in [1.807, 2.05) is 0 Å². The van der Waals surface area contributed by atoms with Crippen LogP contribution in [0.1, 0.15) is 30.1 Å². The molecule has 104 valence electrons. The Balaban J connectivity index is 2.37. The van der Waals surface area contributed by atoms with Gasteiger partial charge in [-0.25, -0.2) is 0 Å². The second kappa shape index (κ2) is 8.13. The Kier molecular flexibility index (Phi) is 6.43. The zero-order valence-electron chi connectivity index (χ0n) is 11.5. The molecule has 19 heavy (non-hydrogen) atoms. The Labute approximate surface area is 113 Å². The van der Waals surface area contributed by atoms with Gasteiger partial charge in [-0.3, -0.25) is 9.59 Å². The summed E-state index contributed by atoms with van der Waals surface area (Å²) < 4.78 is 0. The molecule has 0 aliphatic rings. The average Bonchev–Trinajstić information content (AvgIpc) is 2.45. The first-order valence-corrected chi connectivity index (χ1v) is 6.50. The quantitative estimate of drug-likeness (QED) is 0.651. The number of anilines is 1. The molecule has 0 fully saturated rings. The second-order valence-electron chi connectivity index (χ2n) is 4.21. The van der Waals surface area contributed by atoms with Crippen LogP contribution < -0.4 is 16.0 Å². The summed E-state index contributed by atoms with van der Waals surface area (Å²) in [5, 5.41) is 8.39. The number of carbonyl (C=O) groups excluding carboxylic acids is 2. The lowest BCUT2D eigenvalue weighted by Gasteiger charge is -2.08. The zero-order chi connectivity index (χ0) is 14.1. The lowest BCUT2D eigenvalue weighted by atomic mass is 10.2. The molecule has 0 heterocycles. The fraction of sp³-hybridized carbons (Fsp3) is 0.429. The van der Waals surface area contributed by atoms with Gasteiger partial charge in [-0.15, -0.1) is 0 Å². The average molecular weight is 263 g/mol. The van der Waals surface area contributed by atoms with Crippen LogP contribution in [0.3, 0.4) is 0 Å². The zero-order valence-corrected chi connectivity index (χ0v) is 11.5. The highest BCUT2D eigenvalue weighted by Crippen LogP contribution is 2.08. The van der Waals surface area contributed by atoms with Crippen molar-refractivity contribution in [3.05, 3.63) is 29.8 Å². The Morgan fingerprint density at radius 1 is 1.16 bits per heavy atom. The number of unbranched alkanes of at least 4 members (excludes halogenated alkanes) is 1. The summed E-state index contributed by atoms with van der Waals surface area (Å²) in [5.74, 6) is -0.146. The molecule has 5 nitrogen and oxygen atoms in total. The van der Waals surface area contributed by atoms with Gasteiger partial charge in [-0.2, -0.15) is 0 Å². The van der Waals surface area contributed by atoms with E-state index in [1.165, 1.54) is 0 Å². The maximum Gasteiger partial charge on any atom is 0.251 e. The topological polar surface area (TPSA) is 70.2 Å². The summed E-state index contributed by atoms with van der Waals surface area (Å²) in [6, 6.07) is 7.00. The van der Waals surface area contributed by atoms with Crippen molar-refractivity contribution in [1.82, 2.24) is 10.6 Å². The van der Waals surface area contributed by atoms with E-state index >= 15 is 0 Å². The van der Waals surface area contributed by atoms with E-state index in [9.17, 15) is 9.59 Å². The minimum atomic E-state index is -0.121. The molecule has 0 unspecified atom stereocenters. The first kappa shape index (κ1) is 15.0. The number of rotatable bonds is 7. The van der Waals surface area contributed by atoms with Crippen molar-refractivity contribution in [1.29, 1.82) is 0 Å². The number of hydrogen-bond donors (Lipinski definition) is 3. The third-order valence-electron chi connectivity index (χ3n) is 2.68. The highest BCUT2D eigenvalue weighted by Gasteiger charge is 2.03. The number of benzene rings is 1. The Bertz CT molecular complexity index is 415. The molecule has 1 aromatic carbocycles. The van der Waals surface area contributed by atoms with Gasteiger partial charge in [0.2, 0.25) is 5.91 Å². The molecule has 0 saturated heterocycles. The van der Waals surface area contributed by atoms with E-state index in [-0.39, 0.29) is 18.4 Å². The van der Waals surface area contributed by atoms with E-state index in [0.29, 0.717) is 12.1 Å². The van der Waals surface area contributed by atoms with Crippen LogP contribution >= 0.6 is 0 Å². The van der Waals surface area contributed by atoms with Gasteiger partial charge in [0.15, 0.2) is 0 Å². The molecule has 0 aliphatic carbocycles. The van der Waals surface area contributed by atoms with Gasteiger partial charge < -0.3 is 16.0 Å². The van der Waals surface area contributed by atoms with Crippen molar-refractivity contribution in [3.8, 4) is 0 Å². The van der Waals surface area contributed by atoms with E-state index in [4.69, 9.17) is 0 Å². The molecule has 1 aromatic rings. The molecule has 0 aromatic heterocycles. The van der Waals surface area contributed by atoms with Gasteiger partial charge in [-0.05, 0) is 30.7 Å². The summed E-state index contributed by atoms with van der Waals surface area (Å²) in [5.41, 5.74) is 1.42. The van der Waals surface area contributed by atoms with Gasteiger partial charge >= 0.3 is 0 Å². The minimum Gasteiger partial charge on any atom is -0.376 e. The fourth-order valence-corrected chi connectivity index (χ4v) is 1.53. The summed E-state index contributed by atoms with van der Waals surface area (Å²) >= 11 is 0. The molecule has 0 saturated carbocycles. The molecule has 0 atom stereocenters. The van der Waals surface area contributed by atoms with Crippen LogP contribution in [0.4, 0.5) is 5.69 Å². The SMILES string of the molecule is CCCCNC(=O)CNc1ccc(C(=O)NC)cc1. The molecule has 1 rings (SSSR count). The van der Waals surface area contributed by atoms with Gasteiger partial charge in [-0.1, -0.05) is 13.3 Å². The van der Waals surface area contributed by atoms with Gasteiger partial charge in [0.1, 0.15) is 0 Å². The first-order chi connectivity index (χ1) is 9.17. The lowest BCUT2D eigenvalue weighted by Crippen LogP contribution is -2.30. The second-order valence-corrected chi connectivity index (χ2v) is 4.21. The van der Waals surface area contributed by atoms with Crippen LogP contribution in [-0.4, -0.2) is 32.0 Å². The lowest BCUT2D eigenvalue weighted by molar-refractivity contribution is -0.119. The number of nitrogens with one attached hydrogen (secondary N) is 3. The molecule has 3 N–H and O–H groups in total. The Morgan fingerprint density at radius 2 is 1.84 bits per heavy atom. The molecule has 5 heteroatoms. The van der Waals surface area contributed by atoms with Gasteiger partial charge in [0.25, 0.3) is 5.91 Å². The summed E-state index contributed by atoms with van der Waals surface area (Å²) in [4.78, 5) is 22.8. The molecular weight excluding hydrogens is 242 g/mol. The molecule has 0 aliphatic heterocycles. The minimum absolute atomic E-state index is 0.0242. The number of hydrogen-bond acceptors (Lipinski definition) is 3. The monoisotopic (exact) mass is 263 g/mol. The smallest absolute Gasteiger partial charge is 0.251 e. The molecular formula is C14H21N3O2. The predicted molar refractivity (Wildman–Crippen MR) is 76.2 cm³/mol. The highest BCUT2D eigenvalue weighted by atomic mass is 16.2. The maximum absolute atomic E-state index is 11.5. The van der Waals surface area contributed by atoms with Crippen LogP contribution in [0.25, 0.3) is 0 Å². The van der Waals surface area contributed by atoms with Crippen molar-refractivity contribution >= 4 is 17.5 Å².